The number of benzene rings is 2. The second kappa shape index (κ2) is 9.27. The molecule has 1 fully saturated rings. The van der Waals surface area contributed by atoms with Crippen molar-refractivity contribution in [2.24, 2.45) is 0 Å². The molecule has 7 nitrogen and oxygen atoms in total. The van der Waals surface area contributed by atoms with Crippen LogP contribution in [0.2, 0.25) is 5.02 Å². The van der Waals surface area contributed by atoms with E-state index < -0.39 is 10.0 Å². The van der Waals surface area contributed by atoms with Gasteiger partial charge in [-0.25, -0.2) is 13.1 Å². The number of halogens is 1. The number of nitrogens with zero attached hydrogens (tertiary/aromatic N) is 2. The maximum Gasteiger partial charge on any atom is 0.255 e. The van der Waals surface area contributed by atoms with Crippen LogP contribution in [0.3, 0.4) is 0 Å². The lowest BCUT2D eigenvalue weighted by Crippen LogP contribution is -2.24. The highest BCUT2D eigenvalue weighted by Crippen LogP contribution is 2.32. The molecule has 29 heavy (non-hydrogen) atoms. The van der Waals surface area contributed by atoms with Gasteiger partial charge in [0, 0.05) is 36.6 Å². The molecule has 0 spiro atoms. The first-order valence-corrected chi connectivity index (χ1v) is 11.1. The normalized spacial score (nSPS) is 13.9. The van der Waals surface area contributed by atoms with Crippen LogP contribution in [0.1, 0.15) is 29.6 Å². The van der Waals surface area contributed by atoms with Gasteiger partial charge in [0.15, 0.2) is 0 Å². The number of rotatable bonds is 7. The van der Waals surface area contributed by atoms with Gasteiger partial charge in [-0.1, -0.05) is 11.6 Å². The van der Waals surface area contributed by atoms with E-state index in [9.17, 15) is 13.2 Å². The highest BCUT2D eigenvalue weighted by atomic mass is 35.5. The molecule has 1 amide bonds. The number of hydrogen-bond donors (Lipinski definition) is 2. The summed E-state index contributed by atoms with van der Waals surface area (Å²) in [5.74, 6) is -0.353. The lowest BCUT2D eigenvalue weighted by molar-refractivity contribution is 0.102. The molecule has 0 aliphatic carbocycles. The van der Waals surface area contributed by atoms with E-state index in [0.717, 1.165) is 31.6 Å². The van der Waals surface area contributed by atoms with Crippen molar-refractivity contribution in [2.75, 3.05) is 29.9 Å². The fraction of sp³-hybridized carbons (Fsp3) is 0.300. The molecule has 1 aliphatic rings. The van der Waals surface area contributed by atoms with E-state index in [4.69, 9.17) is 16.9 Å². The standard InChI is InChI=1S/C20H21ClN4O3S/c21-16-6-9-19(25-12-1-2-13-25)18(14-16)24-20(26)15-4-7-17(8-5-15)29(27,28)23-11-3-10-22/h4-9,14,23H,1-3,11-13H2,(H,24,26). The van der Waals surface area contributed by atoms with Crippen molar-refractivity contribution >= 4 is 38.9 Å². The molecule has 9 heteroatoms. The van der Waals surface area contributed by atoms with Crippen LogP contribution >= 0.6 is 11.6 Å². The van der Waals surface area contributed by atoms with Crippen LogP contribution < -0.4 is 14.9 Å². The second-order valence-electron chi connectivity index (χ2n) is 6.64. The summed E-state index contributed by atoms with van der Waals surface area (Å²) in [6.45, 7) is 1.89. The largest absolute Gasteiger partial charge is 0.370 e. The molecule has 1 saturated heterocycles. The maximum absolute atomic E-state index is 12.7. The Morgan fingerprint density at radius 3 is 2.48 bits per heavy atom. The topological polar surface area (TPSA) is 102 Å². The fourth-order valence-corrected chi connectivity index (χ4v) is 4.35. The SMILES string of the molecule is N#CCCNS(=O)(=O)c1ccc(C(=O)Nc2cc(Cl)ccc2N2CCCC2)cc1. The minimum absolute atomic E-state index is 0.0347. The summed E-state index contributed by atoms with van der Waals surface area (Å²) in [4.78, 5) is 14.9. The number of hydrogen-bond acceptors (Lipinski definition) is 5. The van der Waals surface area contributed by atoms with Crippen molar-refractivity contribution < 1.29 is 13.2 Å². The minimum atomic E-state index is -3.71. The van der Waals surface area contributed by atoms with Gasteiger partial charge in [-0.2, -0.15) is 5.26 Å². The Morgan fingerprint density at radius 2 is 1.83 bits per heavy atom. The second-order valence-corrected chi connectivity index (χ2v) is 8.84. The number of carbonyl (C=O) groups excluding carboxylic acids is 1. The lowest BCUT2D eigenvalue weighted by Gasteiger charge is -2.22. The summed E-state index contributed by atoms with van der Waals surface area (Å²) in [6, 6.07) is 12.9. The fourth-order valence-electron chi connectivity index (χ4n) is 3.15. The average molecular weight is 433 g/mol. The minimum Gasteiger partial charge on any atom is -0.370 e. The third-order valence-corrected chi connectivity index (χ3v) is 6.32. The molecule has 0 unspecified atom stereocenters. The van der Waals surface area contributed by atoms with Gasteiger partial charge in [-0.05, 0) is 55.3 Å². The Morgan fingerprint density at radius 1 is 1.14 bits per heavy atom. The van der Waals surface area contributed by atoms with Crippen LogP contribution in [0.5, 0.6) is 0 Å². The van der Waals surface area contributed by atoms with Crippen molar-refractivity contribution in [3.05, 3.63) is 53.1 Å². The Bertz CT molecular complexity index is 1030. The van der Waals surface area contributed by atoms with E-state index in [0.29, 0.717) is 16.3 Å². The molecule has 0 atom stereocenters. The smallest absolute Gasteiger partial charge is 0.255 e. The zero-order valence-electron chi connectivity index (χ0n) is 15.7. The zero-order valence-corrected chi connectivity index (χ0v) is 17.3. The first-order chi connectivity index (χ1) is 13.9. The number of amides is 1. The molecule has 152 valence electrons. The first-order valence-electron chi connectivity index (χ1n) is 9.23. The maximum atomic E-state index is 12.7. The molecule has 0 saturated carbocycles. The molecule has 3 rings (SSSR count). The van der Waals surface area contributed by atoms with Gasteiger partial charge >= 0.3 is 0 Å². The Kier molecular flexibility index (Phi) is 6.75. The molecular weight excluding hydrogens is 412 g/mol. The van der Waals surface area contributed by atoms with Crippen molar-refractivity contribution in [1.29, 1.82) is 5.26 Å². The lowest BCUT2D eigenvalue weighted by atomic mass is 10.2. The van der Waals surface area contributed by atoms with Gasteiger partial charge in [0.25, 0.3) is 5.91 Å². The molecule has 2 aromatic carbocycles. The Balaban J connectivity index is 1.75. The van der Waals surface area contributed by atoms with Crippen molar-refractivity contribution in [1.82, 2.24) is 4.72 Å². The van der Waals surface area contributed by atoms with E-state index in [-0.39, 0.29) is 23.8 Å². The molecular formula is C20H21ClN4O3S. The van der Waals surface area contributed by atoms with E-state index >= 15 is 0 Å². The first kappa shape index (κ1) is 21.1. The highest BCUT2D eigenvalue weighted by molar-refractivity contribution is 7.89. The number of sulfonamides is 1. The Labute approximate surface area is 175 Å². The van der Waals surface area contributed by atoms with Gasteiger partial charge in [0.05, 0.1) is 22.3 Å². The van der Waals surface area contributed by atoms with Crippen LogP contribution in [0.4, 0.5) is 11.4 Å². The van der Waals surface area contributed by atoms with Crippen LogP contribution in [0, 0.1) is 11.3 Å². The molecule has 1 heterocycles. The van der Waals surface area contributed by atoms with Gasteiger partial charge in [0.1, 0.15) is 0 Å². The zero-order chi connectivity index (χ0) is 20.9. The molecule has 0 bridgehead atoms. The van der Waals surface area contributed by atoms with E-state index in [1.54, 1.807) is 12.1 Å². The summed E-state index contributed by atoms with van der Waals surface area (Å²) in [5, 5.41) is 11.9. The van der Waals surface area contributed by atoms with Crippen molar-refractivity contribution in [2.45, 2.75) is 24.2 Å². The van der Waals surface area contributed by atoms with Crippen LogP contribution in [-0.2, 0) is 10.0 Å². The van der Waals surface area contributed by atoms with Gasteiger partial charge in [-0.15, -0.1) is 0 Å². The van der Waals surface area contributed by atoms with Crippen LogP contribution in [0.15, 0.2) is 47.4 Å². The van der Waals surface area contributed by atoms with Crippen LogP contribution in [-0.4, -0.2) is 34.0 Å². The number of carbonyl (C=O) groups is 1. The Hall–Kier alpha value is -2.60. The van der Waals surface area contributed by atoms with E-state index in [2.05, 4.69) is 14.9 Å². The summed E-state index contributed by atoms with van der Waals surface area (Å²) >= 11 is 6.11. The van der Waals surface area contributed by atoms with Crippen LogP contribution in [0.25, 0.3) is 0 Å². The monoisotopic (exact) mass is 432 g/mol. The quantitative estimate of drug-likeness (QED) is 0.653. The van der Waals surface area contributed by atoms with Gasteiger partial charge < -0.3 is 10.2 Å². The highest BCUT2D eigenvalue weighted by Gasteiger charge is 2.19. The van der Waals surface area contributed by atoms with E-state index in [1.165, 1.54) is 24.3 Å². The van der Waals surface area contributed by atoms with Gasteiger partial charge in [0.2, 0.25) is 10.0 Å². The summed E-state index contributed by atoms with van der Waals surface area (Å²) in [6.07, 6.45) is 2.29. The third kappa shape index (κ3) is 5.26. The predicted octanol–water partition coefficient (Wildman–Crippen LogP) is 3.38. The van der Waals surface area contributed by atoms with E-state index in [1.807, 2.05) is 12.1 Å². The third-order valence-electron chi connectivity index (χ3n) is 4.61. The number of nitriles is 1. The number of anilines is 2. The average Bonchev–Trinajstić information content (AvgIpc) is 3.23. The summed E-state index contributed by atoms with van der Waals surface area (Å²) < 4.78 is 26.7. The summed E-state index contributed by atoms with van der Waals surface area (Å²) in [7, 11) is -3.71. The molecule has 1 aliphatic heterocycles. The number of nitrogens with one attached hydrogen (secondary N) is 2. The molecule has 0 aromatic heterocycles. The predicted molar refractivity (Wildman–Crippen MR) is 113 cm³/mol. The van der Waals surface area contributed by atoms with Crippen molar-refractivity contribution in [3.63, 3.8) is 0 Å². The molecule has 2 aromatic rings. The van der Waals surface area contributed by atoms with Gasteiger partial charge in [-0.3, -0.25) is 4.79 Å². The van der Waals surface area contributed by atoms with Crippen molar-refractivity contribution in [3.8, 4) is 6.07 Å². The molecule has 0 radical (unpaired) electrons. The molecule has 2 N–H and O–H groups in total. The summed E-state index contributed by atoms with van der Waals surface area (Å²) in [5.41, 5.74) is 1.87.